The number of hydrogen-bond donors (Lipinski definition) is 1. The van der Waals surface area contributed by atoms with Crippen LogP contribution in [0.1, 0.15) is 6.42 Å². The molecule has 2 rings (SSSR count). The summed E-state index contributed by atoms with van der Waals surface area (Å²) in [5, 5.41) is 13.6. The maximum absolute atomic E-state index is 10.4. The lowest BCUT2D eigenvalue weighted by Crippen LogP contribution is -2.19. The molecule has 5 nitrogen and oxygen atoms in total. The molecule has 1 fully saturated rings. The fourth-order valence-corrected chi connectivity index (χ4v) is 1.57. The van der Waals surface area contributed by atoms with E-state index in [2.05, 4.69) is 5.32 Å². The summed E-state index contributed by atoms with van der Waals surface area (Å²) < 4.78 is 5.62. The van der Waals surface area contributed by atoms with Crippen molar-refractivity contribution in [2.45, 2.75) is 12.5 Å². The van der Waals surface area contributed by atoms with E-state index in [4.69, 9.17) is 4.74 Å². The number of non-ortho nitro benzene ring substituents is 1. The molecule has 0 radical (unpaired) electrons. The molecule has 0 aliphatic carbocycles. The molecular formula is C10H13ClN2O3. The summed E-state index contributed by atoms with van der Waals surface area (Å²) in [6.45, 7) is 1.81. The molecule has 0 amide bonds. The van der Waals surface area contributed by atoms with E-state index in [1.54, 1.807) is 12.1 Å². The largest absolute Gasteiger partial charge is 0.489 e. The highest BCUT2D eigenvalue weighted by atomic mass is 35.5. The van der Waals surface area contributed by atoms with Gasteiger partial charge in [0, 0.05) is 18.7 Å². The van der Waals surface area contributed by atoms with Crippen LogP contribution in [0.25, 0.3) is 0 Å². The van der Waals surface area contributed by atoms with Gasteiger partial charge in [0.1, 0.15) is 11.9 Å². The molecule has 0 bridgehead atoms. The average Bonchev–Trinajstić information content (AvgIpc) is 2.71. The number of nitro groups is 1. The van der Waals surface area contributed by atoms with Crippen LogP contribution in [-0.4, -0.2) is 24.1 Å². The zero-order chi connectivity index (χ0) is 10.7. The number of hydrogen-bond acceptors (Lipinski definition) is 4. The normalized spacial score (nSPS) is 18.9. The average molecular weight is 245 g/mol. The van der Waals surface area contributed by atoms with Crippen LogP contribution in [0.2, 0.25) is 0 Å². The zero-order valence-corrected chi connectivity index (χ0v) is 9.40. The minimum absolute atomic E-state index is 0. The molecule has 0 unspecified atom stereocenters. The fraction of sp³-hybridized carbons (Fsp3) is 0.400. The molecule has 16 heavy (non-hydrogen) atoms. The summed E-state index contributed by atoms with van der Waals surface area (Å²) in [5.74, 6) is 0.689. The van der Waals surface area contributed by atoms with Gasteiger partial charge in [-0.2, -0.15) is 0 Å². The summed E-state index contributed by atoms with van der Waals surface area (Å²) in [6.07, 6.45) is 1.17. The molecule has 1 atom stereocenters. The van der Waals surface area contributed by atoms with Crippen LogP contribution >= 0.6 is 12.4 Å². The first-order valence-electron chi connectivity index (χ1n) is 4.87. The van der Waals surface area contributed by atoms with Crippen molar-refractivity contribution in [3.63, 3.8) is 0 Å². The first kappa shape index (κ1) is 12.7. The first-order valence-corrected chi connectivity index (χ1v) is 4.87. The summed E-state index contributed by atoms with van der Waals surface area (Å²) in [6, 6.07) is 6.18. The number of nitrogens with one attached hydrogen (secondary N) is 1. The third-order valence-corrected chi connectivity index (χ3v) is 2.37. The Hall–Kier alpha value is -1.33. The highest BCUT2D eigenvalue weighted by Gasteiger charge is 2.16. The van der Waals surface area contributed by atoms with E-state index < -0.39 is 4.92 Å². The second kappa shape index (κ2) is 5.67. The Balaban J connectivity index is 0.00000128. The van der Waals surface area contributed by atoms with Crippen LogP contribution in [0.15, 0.2) is 24.3 Å². The monoisotopic (exact) mass is 244 g/mol. The van der Waals surface area contributed by atoms with Crippen molar-refractivity contribution < 1.29 is 9.66 Å². The topological polar surface area (TPSA) is 64.4 Å². The Kier molecular flexibility index (Phi) is 4.52. The standard InChI is InChI=1S/C10H12N2O3.ClH/c13-12(14)8-1-3-9(4-2-8)15-10-5-6-11-7-10;/h1-4,10-11H,5-7H2;1H/t10-;/m1./s1. The number of rotatable bonds is 3. The van der Waals surface area contributed by atoms with Gasteiger partial charge >= 0.3 is 0 Å². The van der Waals surface area contributed by atoms with E-state index in [0.717, 1.165) is 19.5 Å². The van der Waals surface area contributed by atoms with Gasteiger partial charge in [-0.1, -0.05) is 0 Å². The molecule has 1 aromatic carbocycles. The predicted molar refractivity (Wildman–Crippen MR) is 62.2 cm³/mol. The summed E-state index contributed by atoms with van der Waals surface area (Å²) in [5.41, 5.74) is 0.0897. The zero-order valence-electron chi connectivity index (χ0n) is 8.59. The second-order valence-corrected chi connectivity index (χ2v) is 3.48. The Morgan fingerprint density at radius 1 is 1.38 bits per heavy atom. The van der Waals surface area contributed by atoms with Gasteiger partial charge in [-0.3, -0.25) is 10.1 Å². The van der Waals surface area contributed by atoms with Gasteiger partial charge < -0.3 is 10.1 Å². The summed E-state index contributed by atoms with van der Waals surface area (Å²) in [4.78, 5) is 10.00. The Bertz CT molecular complexity index is 350. The van der Waals surface area contributed by atoms with Gasteiger partial charge in [-0.15, -0.1) is 12.4 Å². The first-order chi connectivity index (χ1) is 7.25. The Labute approximate surface area is 99.4 Å². The second-order valence-electron chi connectivity index (χ2n) is 3.48. The van der Waals surface area contributed by atoms with Gasteiger partial charge in [0.25, 0.3) is 5.69 Å². The van der Waals surface area contributed by atoms with Gasteiger partial charge in [0.05, 0.1) is 4.92 Å². The molecule has 1 saturated heterocycles. The lowest BCUT2D eigenvalue weighted by Gasteiger charge is -2.11. The highest BCUT2D eigenvalue weighted by Crippen LogP contribution is 2.19. The maximum atomic E-state index is 10.4. The van der Waals surface area contributed by atoms with E-state index in [1.165, 1.54) is 12.1 Å². The molecule has 1 aliphatic heterocycles. The van der Waals surface area contributed by atoms with Crippen LogP contribution in [-0.2, 0) is 0 Å². The molecule has 1 aliphatic rings. The number of nitrogens with zero attached hydrogens (tertiary/aromatic N) is 1. The minimum Gasteiger partial charge on any atom is -0.489 e. The number of benzene rings is 1. The third kappa shape index (κ3) is 3.08. The molecule has 0 saturated carbocycles. The number of nitro benzene ring substituents is 1. The Morgan fingerprint density at radius 3 is 2.56 bits per heavy atom. The fourth-order valence-electron chi connectivity index (χ4n) is 1.57. The minimum atomic E-state index is -0.416. The van der Waals surface area contributed by atoms with Crippen molar-refractivity contribution in [2.75, 3.05) is 13.1 Å². The van der Waals surface area contributed by atoms with Crippen LogP contribution in [0.4, 0.5) is 5.69 Å². The van der Waals surface area contributed by atoms with Crippen LogP contribution in [0, 0.1) is 10.1 Å². The maximum Gasteiger partial charge on any atom is 0.269 e. The van der Waals surface area contributed by atoms with E-state index >= 15 is 0 Å². The molecule has 1 N–H and O–H groups in total. The number of halogens is 1. The van der Waals surface area contributed by atoms with Crippen LogP contribution < -0.4 is 10.1 Å². The van der Waals surface area contributed by atoms with Gasteiger partial charge in [-0.25, -0.2) is 0 Å². The molecule has 1 heterocycles. The SMILES string of the molecule is Cl.O=[N+]([O-])c1ccc(O[C@@H]2CCNC2)cc1. The summed E-state index contributed by atoms with van der Waals surface area (Å²) in [7, 11) is 0. The van der Waals surface area contributed by atoms with Crippen LogP contribution in [0.3, 0.4) is 0 Å². The van der Waals surface area contributed by atoms with Crippen molar-refractivity contribution >= 4 is 18.1 Å². The molecule has 0 spiro atoms. The number of ether oxygens (including phenoxy) is 1. The van der Waals surface area contributed by atoms with Crippen molar-refractivity contribution in [3.8, 4) is 5.75 Å². The molecular weight excluding hydrogens is 232 g/mol. The van der Waals surface area contributed by atoms with Crippen molar-refractivity contribution in [3.05, 3.63) is 34.4 Å². The Morgan fingerprint density at radius 2 is 2.06 bits per heavy atom. The van der Waals surface area contributed by atoms with Gasteiger partial charge in [-0.05, 0) is 25.1 Å². The molecule has 6 heteroatoms. The van der Waals surface area contributed by atoms with E-state index in [9.17, 15) is 10.1 Å². The van der Waals surface area contributed by atoms with E-state index in [1.807, 2.05) is 0 Å². The predicted octanol–water partition coefficient (Wildman–Crippen LogP) is 1.76. The van der Waals surface area contributed by atoms with E-state index in [0.29, 0.717) is 5.75 Å². The molecule has 88 valence electrons. The quantitative estimate of drug-likeness (QED) is 0.650. The van der Waals surface area contributed by atoms with Crippen LogP contribution in [0.5, 0.6) is 5.75 Å². The van der Waals surface area contributed by atoms with E-state index in [-0.39, 0.29) is 24.2 Å². The summed E-state index contributed by atoms with van der Waals surface area (Å²) >= 11 is 0. The lowest BCUT2D eigenvalue weighted by molar-refractivity contribution is -0.384. The van der Waals surface area contributed by atoms with Gasteiger partial charge in [0.15, 0.2) is 0 Å². The lowest BCUT2D eigenvalue weighted by atomic mass is 10.3. The molecule has 0 aromatic heterocycles. The highest BCUT2D eigenvalue weighted by molar-refractivity contribution is 5.85. The van der Waals surface area contributed by atoms with Crippen molar-refractivity contribution in [1.29, 1.82) is 0 Å². The van der Waals surface area contributed by atoms with Gasteiger partial charge in [0.2, 0.25) is 0 Å². The smallest absolute Gasteiger partial charge is 0.269 e. The molecule has 1 aromatic rings. The third-order valence-electron chi connectivity index (χ3n) is 2.37. The van der Waals surface area contributed by atoms with Crippen molar-refractivity contribution in [1.82, 2.24) is 5.32 Å². The van der Waals surface area contributed by atoms with Crippen molar-refractivity contribution in [2.24, 2.45) is 0 Å².